The maximum Gasteiger partial charge on any atom is 0.255 e. The van der Waals surface area contributed by atoms with Crippen LogP contribution in [0.3, 0.4) is 0 Å². The van der Waals surface area contributed by atoms with Crippen molar-refractivity contribution in [2.45, 2.75) is 64.5 Å². The summed E-state index contributed by atoms with van der Waals surface area (Å²) in [7, 11) is 0. The molecule has 0 aromatic heterocycles. The number of rotatable bonds is 5. The molecule has 5 heteroatoms. The van der Waals surface area contributed by atoms with Crippen molar-refractivity contribution in [3.05, 3.63) is 29.3 Å². The maximum atomic E-state index is 12.6. The average molecular weight is 343 g/mol. The van der Waals surface area contributed by atoms with Crippen LogP contribution < -0.4 is 10.6 Å². The number of carbonyl (C=O) groups is 2. The van der Waals surface area contributed by atoms with Crippen molar-refractivity contribution in [3.8, 4) is 0 Å². The van der Waals surface area contributed by atoms with Gasteiger partial charge in [0, 0.05) is 38.0 Å². The van der Waals surface area contributed by atoms with Crippen LogP contribution in [0.4, 0.5) is 5.69 Å². The highest BCUT2D eigenvalue weighted by Gasteiger charge is 2.41. The summed E-state index contributed by atoms with van der Waals surface area (Å²) in [5.41, 5.74) is 2.21. The van der Waals surface area contributed by atoms with Gasteiger partial charge >= 0.3 is 0 Å². The lowest BCUT2D eigenvalue weighted by Crippen LogP contribution is -2.62. The molecule has 136 valence electrons. The molecule has 2 aliphatic rings. The number of hydrogen-bond donors (Lipinski definition) is 2. The van der Waals surface area contributed by atoms with Crippen LogP contribution >= 0.6 is 0 Å². The van der Waals surface area contributed by atoms with Gasteiger partial charge in [0.1, 0.15) is 5.66 Å². The lowest BCUT2D eigenvalue weighted by Gasteiger charge is -2.46. The van der Waals surface area contributed by atoms with Gasteiger partial charge in [-0.15, -0.1) is 0 Å². The number of amides is 2. The van der Waals surface area contributed by atoms with Gasteiger partial charge in [-0.3, -0.25) is 9.59 Å². The van der Waals surface area contributed by atoms with Crippen LogP contribution in [0, 0.1) is 6.92 Å². The molecule has 1 fully saturated rings. The summed E-state index contributed by atoms with van der Waals surface area (Å²) in [4.78, 5) is 26.9. The molecular formula is C20H29N3O2. The molecule has 2 N–H and O–H groups in total. The number of likely N-dealkylation sites (tertiary alicyclic amines) is 1. The fourth-order valence-corrected chi connectivity index (χ4v) is 3.89. The van der Waals surface area contributed by atoms with Crippen molar-refractivity contribution in [2.75, 3.05) is 18.4 Å². The summed E-state index contributed by atoms with van der Waals surface area (Å²) >= 11 is 0. The van der Waals surface area contributed by atoms with E-state index in [4.69, 9.17) is 0 Å². The number of carbonyl (C=O) groups excluding carboxylic acids is 2. The molecule has 1 aromatic carbocycles. The Morgan fingerprint density at radius 3 is 2.64 bits per heavy atom. The van der Waals surface area contributed by atoms with Gasteiger partial charge in [-0.2, -0.15) is 0 Å². The highest BCUT2D eigenvalue weighted by Crippen LogP contribution is 2.32. The smallest absolute Gasteiger partial charge is 0.255 e. The lowest BCUT2D eigenvalue weighted by atomic mass is 9.91. The van der Waals surface area contributed by atoms with E-state index >= 15 is 0 Å². The number of benzene rings is 1. The molecule has 0 unspecified atom stereocenters. The van der Waals surface area contributed by atoms with E-state index in [1.54, 1.807) is 0 Å². The number of aryl methyl sites for hydroxylation is 1. The van der Waals surface area contributed by atoms with Crippen LogP contribution in [-0.2, 0) is 4.79 Å². The molecule has 5 nitrogen and oxygen atoms in total. The molecule has 25 heavy (non-hydrogen) atoms. The second kappa shape index (κ2) is 7.46. The van der Waals surface area contributed by atoms with Crippen LogP contribution in [0.25, 0.3) is 0 Å². The van der Waals surface area contributed by atoms with Crippen LogP contribution in [0.5, 0.6) is 0 Å². The number of anilines is 1. The Bertz CT molecular complexity index is 648. The van der Waals surface area contributed by atoms with E-state index in [9.17, 15) is 9.59 Å². The summed E-state index contributed by atoms with van der Waals surface area (Å²) in [6.45, 7) is 5.52. The Labute approximate surface area is 150 Å². The van der Waals surface area contributed by atoms with E-state index in [0.717, 1.165) is 42.5 Å². The number of nitrogens with one attached hydrogen (secondary N) is 2. The van der Waals surface area contributed by atoms with E-state index in [1.807, 2.05) is 30.0 Å². The molecule has 1 aromatic rings. The normalized spacial score (nSPS) is 18.5. The first kappa shape index (κ1) is 17.8. The third kappa shape index (κ3) is 3.80. The zero-order valence-corrected chi connectivity index (χ0v) is 15.4. The Morgan fingerprint density at radius 1 is 1.16 bits per heavy atom. The molecule has 2 amide bonds. The molecule has 0 saturated carbocycles. The maximum absolute atomic E-state index is 12.6. The number of nitrogens with zero attached hydrogens (tertiary/aromatic N) is 1. The highest BCUT2D eigenvalue weighted by atomic mass is 16.2. The van der Waals surface area contributed by atoms with Crippen molar-refractivity contribution in [2.24, 2.45) is 0 Å². The lowest BCUT2D eigenvalue weighted by molar-refractivity contribution is -0.132. The third-order valence-electron chi connectivity index (χ3n) is 5.44. The van der Waals surface area contributed by atoms with Crippen molar-refractivity contribution >= 4 is 17.5 Å². The first-order valence-electron chi connectivity index (χ1n) is 9.53. The quantitative estimate of drug-likeness (QED) is 0.805. The summed E-state index contributed by atoms with van der Waals surface area (Å²) in [6.07, 6.45) is 6.64. The van der Waals surface area contributed by atoms with E-state index in [2.05, 4.69) is 17.6 Å². The largest absolute Gasteiger partial charge is 0.362 e. The predicted octanol–water partition coefficient (Wildman–Crippen LogP) is 3.44. The number of fused-ring (bicyclic) bond motifs is 1. The minimum Gasteiger partial charge on any atom is -0.362 e. The van der Waals surface area contributed by atoms with Gasteiger partial charge in [-0.25, -0.2) is 0 Å². The zero-order chi connectivity index (χ0) is 17.9. The Balaban J connectivity index is 1.59. The minimum absolute atomic E-state index is 0.00816. The first-order chi connectivity index (χ1) is 12.0. The summed E-state index contributed by atoms with van der Waals surface area (Å²) in [6, 6.07) is 5.90. The summed E-state index contributed by atoms with van der Waals surface area (Å²) in [5.74, 6) is 0.246. The standard InChI is InChI=1S/C20H29N3O2/c1-3-4-5-6-10-17(24)23-13-11-20(12-14-23)21-16-9-7-8-15(2)18(16)19(25)22-20/h7-9,21H,3-6,10-14H2,1-2H3,(H,22,25). The zero-order valence-electron chi connectivity index (χ0n) is 15.4. The van der Waals surface area contributed by atoms with Crippen LogP contribution in [0.1, 0.15) is 67.8 Å². The Hall–Kier alpha value is -2.04. The number of hydrogen-bond acceptors (Lipinski definition) is 3. The van der Waals surface area contributed by atoms with E-state index in [0.29, 0.717) is 19.5 Å². The van der Waals surface area contributed by atoms with Gasteiger partial charge in [-0.1, -0.05) is 38.3 Å². The summed E-state index contributed by atoms with van der Waals surface area (Å²) in [5, 5.41) is 6.69. The molecule has 0 bridgehead atoms. The monoisotopic (exact) mass is 343 g/mol. The fraction of sp³-hybridized carbons (Fsp3) is 0.600. The highest BCUT2D eigenvalue weighted by molar-refractivity contribution is 6.03. The van der Waals surface area contributed by atoms with Gasteiger partial charge in [-0.05, 0) is 25.0 Å². The first-order valence-corrected chi connectivity index (χ1v) is 9.53. The topological polar surface area (TPSA) is 61.4 Å². The SMILES string of the molecule is CCCCCCC(=O)N1CCC2(CC1)NC(=O)c1c(C)cccc1N2. The second-order valence-electron chi connectivity index (χ2n) is 7.35. The van der Waals surface area contributed by atoms with E-state index in [1.165, 1.54) is 12.8 Å². The van der Waals surface area contributed by atoms with Gasteiger partial charge < -0.3 is 15.5 Å². The van der Waals surface area contributed by atoms with Gasteiger partial charge in [0.05, 0.1) is 5.56 Å². The van der Waals surface area contributed by atoms with Gasteiger partial charge in [0.25, 0.3) is 5.91 Å². The van der Waals surface area contributed by atoms with Crippen LogP contribution in [0.15, 0.2) is 18.2 Å². The third-order valence-corrected chi connectivity index (χ3v) is 5.44. The van der Waals surface area contributed by atoms with Crippen molar-refractivity contribution in [3.63, 3.8) is 0 Å². The Morgan fingerprint density at radius 2 is 1.92 bits per heavy atom. The van der Waals surface area contributed by atoms with E-state index in [-0.39, 0.29) is 11.8 Å². The molecule has 1 spiro atoms. The van der Waals surface area contributed by atoms with Crippen molar-refractivity contribution < 1.29 is 9.59 Å². The van der Waals surface area contributed by atoms with Gasteiger partial charge in [0.15, 0.2) is 0 Å². The Kier molecular flexibility index (Phi) is 5.30. The average Bonchev–Trinajstić information content (AvgIpc) is 2.59. The van der Waals surface area contributed by atoms with Crippen molar-refractivity contribution in [1.29, 1.82) is 0 Å². The fourth-order valence-electron chi connectivity index (χ4n) is 3.89. The molecule has 1 saturated heterocycles. The molecule has 0 atom stereocenters. The van der Waals surface area contributed by atoms with Crippen LogP contribution in [0.2, 0.25) is 0 Å². The molecule has 2 heterocycles. The predicted molar refractivity (Wildman–Crippen MR) is 99.6 cm³/mol. The minimum atomic E-state index is -0.420. The van der Waals surface area contributed by atoms with Gasteiger partial charge in [0.2, 0.25) is 5.91 Å². The molecule has 0 radical (unpaired) electrons. The number of unbranched alkanes of at least 4 members (excludes halogenated alkanes) is 3. The van der Waals surface area contributed by atoms with Crippen molar-refractivity contribution in [1.82, 2.24) is 10.2 Å². The number of piperidine rings is 1. The molecular weight excluding hydrogens is 314 g/mol. The van der Waals surface area contributed by atoms with E-state index < -0.39 is 5.66 Å². The molecule has 0 aliphatic carbocycles. The molecule has 3 rings (SSSR count). The van der Waals surface area contributed by atoms with Crippen LogP contribution in [-0.4, -0.2) is 35.5 Å². The summed E-state index contributed by atoms with van der Waals surface area (Å²) < 4.78 is 0. The second-order valence-corrected chi connectivity index (χ2v) is 7.35. The molecule has 2 aliphatic heterocycles.